The van der Waals surface area contributed by atoms with Crippen molar-refractivity contribution in [3.8, 4) is 0 Å². The second-order valence-corrected chi connectivity index (χ2v) is 8.76. The van der Waals surface area contributed by atoms with Crippen LogP contribution in [0.4, 0.5) is 0 Å². The summed E-state index contributed by atoms with van der Waals surface area (Å²) in [5, 5.41) is 0. The Hall–Kier alpha value is -1.92. The number of hydrogen-bond acceptors (Lipinski definition) is 4. The van der Waals surface area contributed by atoms with Crippen LogP contribution >= 0.6 is 0 Å². The predicted octanol–water partition coefficient (Wildman–Crippen LogP) is 2.17. The number of amides is 2. The van der Waals surface area contributed by atoms with Gasteiger partial charge in [0.2, 0.25) is 11.8 Å². The number of nitrogens with two attached hydrogens (primary N) is 1. The minimum atomic E-state index is -0.438. The van der Waals surface area contributed by atoms with E-state index >= 15 is 0 Å². The van der Waals surface area contributed by atoms with Crippen molar-refractivity contribution in [2.75, 3.05) is 26.3 Å². The van der Waals surface area contributed by atoms with Gasteiger partial charge >= 0.3 is 0 Å². The van der Waals surface area contributed by atoms with E-state index in [2.05, 4.69) is 17.0 Å². The number of carbonyl (C=O) groups is 2. The monoisotopic (exact) mass is 399 g/mol. The fourth-order valence-corrected chi connectivity index (χ4v) is 4.62. The fraction of sp³-hybridized carbons (Fsp3) is 0.652. The Balaban J connectivity index is 1.31. The first-order chi connectivity index (χ1) is 14.1. The maximum Gasteiger partial charge on any atom is 0.239 e. The summed E-state index contributed by atoms with van der Waals surface area (Å²) in [6.45, 7) is 3.35. The molecular weight excluding hydrogens is 366 g/mol. The van der Waals surface area contributed by atoms with Crippen molar-refractivity contribution in [2.45, 2.75) is 57.2 Å². The molecule has 2 saturated heterocycles. The minimum absolute atomic E-state index is 0.0164. The summed E-state index contributed by atoms with van der Waals surface area (Å²) in [5.74, 6) is 0.540. The molecule has 1 aromatic rings. The van der Waals surface area contributed by atoms with Crippen LogP contribution in [0.1, 0.15) is 44.1 Å². The highest BCUT2D eigenvalue weighted by atomic mass is 16.5. The molecule has 2 aliphatic heterocycles. The Morgan fingerprint density at radius 1 is 1.03 bits per heavy atom. The summed E-state index contributed by atoms with van der Waals surface area (Å²) < 4.78 is 5.38. The van der Waals surface area contributed by atoms with Crippen molar-refractivity contribution in [3.05, 3.63) is 35.9 Å². The van der Waals surface area contributed by atoms with E-state index in [-0.39, 0.29) is 23.7 Å². The van der Waals surface area contributed by atoms with E-state index in [1.807, 2.05) is 23.1 Å². The highest BCUT2D eigenvalue weighted by molar-refractivity contribution is 5.83. The lowest BCUT2D eigenvalue weighted by Gasteiger charge is -2.37. The van der Waals surface area contributed by atoms with Gasteiger partial charge in [-0.2, -0.15) is 0 Å². The molecule has 2 heterocycles. The maximum absolute atomic E-state index is 13.2. The van der Waals surface area contributed by atoms with Gasteiger partial charge in [-0.25, -0.2) is 0 Å². The van der Waals surface area contributed by atoms with E-state index in [0.29, 0.717) is 38.9 Å². The first-order valence-electron chi connectivity index (χ1n) is 11.1. The van der Waals surface area contributed by atoms with E-state index in [9.17, 15) is 9.59 Å². The summed E-state index contributed by atoms with van der Waals surface area (Å²) >= 11 is 0. The molecule has 0 bridgehead atoms. The minimum Gasteiger partial charge on any atom is -0.381 e. The van der Waals surface area contributed by atoms with Gasteiger partial charge in [0.25, 0.3) is 0 Å². The lowest BCUT2D eigenvalue weighted by Crippen LogP contribution is -2.52. The van der Waals surface area contributed by atoms with Gasteiger partial charge in [-0.15, -0.1) is 0 Å². The third-order valence-corrected chi connectivity index (χ3v) is 6.68. The molecule has 2 amide bonds. The second kappa shape index (κ2) is 9.26. The summed E-state index contributed by atoms with van der Waals surface area (Å²) in [6.07, 6.45) is 5.41. The van der Waals surface area contributed by atoms with Crippen LogP contribution in [0.15, 0.2) is 30.3 Å². The second-order valence-electron chi connectivity index (χ2n) is 8.76. The molecule has 1 unspecified atom stereocenters. The quantitative estimate of drug-likeness (QED) is 0.795. The van der Waals surface area contributed by atoms with Gasteiger partial charge in [0.15, 0.2) is 0 Å². The molecule has 1 aliphatic carbocycles. The van der Waals surface area contributed by atoms with Crippen molar-refractivity contribution >= 4 is 11.8 Å². The molecule has 29 heavy (non-hydrogen) atoms. The highest BCUT2D eigenvalue weighted by Gasteiger charge is 2.38. The molecule has 3 fully saturated rings. The predicted molar refractivity (Wildman–Crippen MR) is 111 cm³/mol. The molecule has 3 aliphatic rings. The summed E-state index contributed by atoms with van der Waals surface area (Å²) in [5.41, 5.74) is 7.46. The van der Waals surface area contributed by atoms with E-state index in [0.717, 1.165) is 38.5 Å². The van der Waals surface area contributed by atoms with Crippen molar-refractivity contribution in [1.82, 2.24) is 9.80 Å². The summed E-state index contributed by atoms with van der Waals surface area (Å²) in [7, 11) is 0. The van der Waals surface area contributed by atoms with E-state index in [1.165, 1.54) is 5.56 Å². The van der Waals surface area contributed by atoms with Gasteiger partial charge < -0.3 is 20.3 Å². The van der Waals surface area contributed by atoms with Gasteiger partial charge in [-0.1, -0.05) is 30.3 Å². The topological polar surface area (TPSA) is 75.9 Å². The first-order valence-corrected chi connectivity index (χ1v) is 11.1. The van der Waals surface area contributed by atoms with E-state index < -0.39 is 6.04 Å². The lowest BCUT2D eigenvalue weighted by molar-refractivity contribution is -0.143. The highest BCUT2D eigenvalue weighted by Crippen LogP contribution is 2.32. The van der Waals surface area contributed by atoms with Gasteiger partial charge in [0, 0.05) is 44.8 Å². The van der Waals surface area contributed by atoms with Crippen LogP contribution in [0.3, 0.4) is 0 Å². The van der Waals surface area contributed by atoms with Crippen LogP contribution in [-0.4, -0.2) is 60.0 Å². The fourth-order valence-electron chi connectivity index (χ4n) is 4.62. The largest absolute Gasteiger partial charge is 0.381 e. The number of hydrogen-bond donors (Lipinski definition) is 1. The van der Waals surface area contributed by atoms with Crippen LogP contribution in [-0.2, 0) is 20.9 Å². The van der Waals surface area contributed by atoms with Crippen LogP contribution in [0, 0.1) is 11.8 Å². The number of nitrogens with zero attached hydrogens (tertiary/aromatic N) is 2. The third kappa shape index (κ3) is 4.98. The summed E-state index contributed by atoms with van der Waals surface area (Å²) in [4.78, 5) is 30.0. The Bertz CT molecular complexity index is 693. The molecule has 0 aromatic heterocycles. The molecule has 158 valence electrons. The van der Waals surface area contributed by atoms with Crippen LogP contribution in [0.2, 0.25) is 0 Å². The number of piperidine rings is 1. The number of ether oxygens (including phenoxy) is 1. The first kappa shape index (κ1) is 20.4. The van der Waals surface area contributed by atoms with Gasteiger partial charge in [-0.05, 0) is 50.0 Å². The van der Waals surface area contributed by atoms with Crippen molar-refractivity contribution in [3.63, 3.8) is 0 Å². The number of benzene rings is 1. The molecule has 4 rings (SSSR count). The molecule has 1 aromatic carbocycles. The van der Waals surface area contributed by atoms with E-state index in [1.54, 1.807) is 0 Å². The molecule has 2 N–H and O–H groups in total. The van der Waals surface area contributed by atoms with Gasteiger partial charge in [0.1, 0.15) is 0 Å². The number of rotatable bonds is 6. The van der Waals surface area contributed by atoms with Crippen molar-refractivity contribution in [2.24, 2.45) is 17.6 Å². The standard InChI is InChI=1S/C23H33N3O3/c24-21(18-10-14-29-15-11-18)23(28)25-12-8-19(9-13-25)22(27)26(20-6-7-20)16-17-4-2-1-3-5-17/h1-5,18-21H,6-16,24H2. The molecular formula is C23H33N3O3. The smallest absolute Gasteiger partial charge is 0.239 e. The normalized spacial score (nSPS) is 22.3. The molecule has 6 heteroatoms. The third-order valence-electron chi connectivity index (χ3n) is 6.68. The van der Waals surface area contributed by atoms with Crippen LogP contribution in [0.25, 0.3) is 0 Å². The Morgan fingerprint density at radius 2 is 1.69 bits per heavy atom. The molecule has 6 nitrogen and oxygen atoms in total. The van der Waals surface area contributed by atoms with Crippen molar-refractivity contribution < 1.29 is 14.3 Å². The maximum atomic E-state index is 13.2. The Morgan fingerprint density at radius 3 is 2.31 bits per heavy atom. The van der Waals surface area contributed by atoms with Crippen LogP contribution < -0.4 is 5.73 Å². The average molecular weight is 400 g/mol. The van der Waals surface area contributed by atoms with Gasteiger partial charge in [0.05, 0.1) is 6.04 Å². The van der Waals surface area contributed by atoms with Gasteiger partial charge in [-0.3, -0.25) is 9.59 Å². The Labute approximate surface area is 173 Å². The molecule has 0 spiro atoms. The number of likely N-dealkylation sites (tertiary alicyclic amines) is 1. The molecule has 1 saturated carbocycles. The molecule has 0 radical (unpaired) electrons. The number of carbonyl (C=O) groups excluding carboxylic acids is 2. The van der Waals surface area contributed by atoms with E-state index in [4.69, 9.17) is 10.5 Å². The van der Waals surface area contributed by atoms with Crippen LogP contribution in [0.5, 0.6) is 0 Å². The molecule has 1 atom stereocenters. The summed E-state index contributed by atoms with van der Waals surface area (Å²) in [6, 6.07) is 10.2. The zero-order valence-corrected chi connectivity index (χ0v) is 17.2. The average Bonchev–Trinajstić information content (AvgIpc) is 3.63. The van der Waals surface area contributed by atoms with Crippen molar-refractivity contribution in [1.29, 1.82) is 0 Å². The Kier molecular flexibility index (Phi) is 6.50. The SMILES string of the molecule is NC(C(=O)N1CCC(C(=O)N(Cc2ccccc2)C2CC2)CC1)C1CCOCC1. The zero-order chi connectivity index (χ0) is 20.2. The lowest BCUT2D eigenvalue weighted by atomic mass is 9.89. The zero-order valence-electron chi connectivity index (χ0n) is 17.2.